The van der Waals surface area contributed by atoms with Gasteiger partial charge in [0.05, 0.1) is 139 Å². The molecular weight excluding hydrogens is 1630 g/mol. The second kappa shape index (κ2) is 37.3. The van der Waals surface area contributed by atoms with Gasteiger partial charge in [-0.1, -0.05) is 83.8 Å². The summed E-state index contributed by atoms with van der Waals surface area (Å²) in [6.07, 6.45) is 12.8. The molecule has 20 aliphatic heterocycles. The zero-order valence-corrected chi connectivity index (χ0v) is 74.0. The Kier molecular flexibility index (Phi) is 27.0. The molecule has 20 saturated heterocycles. The number of sulfonamides is 1. The van der Waals surface area contributed by atoms with E-state index < -0.39 is 45.8 Å². The fourth-order valence-corrected chi connectivity index (χ4v) is 25.8. The number of phenolic OH excluding ortho intramolecular Hbond substituents is 1. The molecule has 0 saturated carbocycles. The largest absolute Gasteiger partial charge is 0.548 e. The number of hydrogen-bond donors (Lipinski definition) is 6. The molecule has 690 valence electrons. The van der Waals surface area contributed by atoms with Crippen LogP contribution in [-0.2, 0) is 107 Å². The third-order valence-corrected chi connectivity index (χ3v) is 33.1. The molecule has 39 atom stereocenters. The first-order valence-corrected chi connectivity index (χ1v) is 48.6. The van der Waals surface area contributed by atoms with Crippen LogP contribution in [0, 0.1) is 42.4 Å². The van der Waals surface area contributed by atoms with Gasteiger partial charge in [0.25, 0.3) is 0 Å². The van der Waals surface area contributed by atoms with Crippen LogP contribution in [0.5, 0.6) is 5.75 Å². The monoisotopic (exact) mass is 1760 g/mol. The van der Waals surface area contributed by atoms with Crippen molar-refractivity contribution in [2.24, 2.45) is 47.0 Å². The van der Waals surface area contributed by atoms with E-state index in [4.69, 9.17) is 87.3 Å². The van der Waals surface area contributed by atoms with Crippen molar-refractivity contribution in [3.8, 4) is 5.75 Å². The number of fused-ring (bicyclic) bond motifs is 12. The van der Waals surface area contributed by atoms with Crippen LogP contribution in [0.4, 0.5) is 0 Å². The van der Waals surface area contributed by atoms with E-state index in [1.54, 1.807) is 12.1 Å². The summed E-state index contributed by atoms with van der Waals surface area (Å²) in [4.78, 5) is 39.2. The fraction of sp³-hybridized carbons (Fsp3) is 0.760. The maximum Gasteiger partial charge on any atom is 0.241 e. The summed E-state index contributed by atoms with van der Waals surface area (Å²) < 4.78 is 135. The number of carbonyl (C=O) groups excluding carboxylic acids is 3. The molecule has 2 spiro atoms. The van der Waals surface area contributed by atoms with Gasteiger partial charge in [0.2, 0.25) is 10.0 Å². The Bertz CT molecular complexity index is 4150. The lowest BCUT2D eigenvalue weighted by atomic mass is 9.78. The minimum Gasteiger partial charge on any atom is -0.548 e. The quantitative estimate of drug-likeness (QED) is 0.108. The number of carboxylic acids is 1. The Morgan fingerprint density at radius 1 is 0.472 bits per heavy atom. The van der Waals surface area contributed by atoms with Gasteiger partial charge in [-0.25, -0.2) is 13.1 Å². The lowest BCUT2D eigenvalue weighted by Gasteiger charge is -2.47. The number of hydrogen-bond acceptors (Lipinski definition) is 27. The highest BCUT2D eigenvalue weighted by atomic mass is 32.2. The maximum absolute atomic E-state index is 14.0. The van der Waals surface area contributed by atoms with Crippen LogP contribution in [0.2, 0.25) is 0 Å². The number of nitrogens with one attached hydrogen (secondary N) is 1. The molecule has 0 amide bonds. The highest BCUT2D eigenvalue weighted by Gasteiger charge is 2.71. The Hall–Kier alpha value is -4.88. The average Bonchev–Trinajstić information content (AvgIpc) is 1.55. The van der Waals surface area contributed by atoms with Crippen molar-refractivity contribution in [1.82, 2.24) is 4.72 Å². The Morgan fingerprint density at radius 2 is 0.880 bits per heavy atom. The van der Waals surface area contributed by atoms with Crippen molar-refractivity contribution < 1.29 is 119 Å². The zero-order valence-electron chi connectivity index (χ0n) is 73.2. The lowest BCUT2D eigenvalue weighted by molar-refractivity contribution is -0.308. The molecule has 22 rings (SSSR count). The molecule has 28 nitrogen and oxygen atoms in total. The van der Waals surface area contributed by atoms with Gasteiger partial charge in [-0.05, 0) is 191 Å². The number of ketones is 2. The number of ether oxygens (including phenoxy) is 16. The van der Waals surface area contributed by atoms with Crippen LogP contribution in [0.1, 0.15) is 206 Å². The molecule has 24 bridgehead atoms. The van der Waals surface area contributed by atoms with Gasteiger partial charge in [0, 0.05) is 90.1 Å². The van der Waals surface area contributed by atoms with E-state index in [-0.39, 0.29) is 236 Å². The van der Waals surface area contributed by atoms with Gasteiger partial charge in [0.15, 0.2) is 11.6 Å². The van der Waals surface area contributed by atoms with Gasteiger partial charge >= 0.3 is 0 Å². The summed E-state index contributed by atoms with van der Waals surface area (Å²) in [5.41, 5.74) is 17.6. The highest BCUT2D eigenvalue weighted by molar-refractivity contribution is 7.89. The van der Waals surface area contributed by atoms with Crippen molar-refractivity contribution >= 4 is 27.6 Å². The first-order chi connectivity index (χ1) is 59.9. The number of aryl methyl sites for hydroxylation is 1. The SMILES string of the molecule is C=C1C[C@@H]2CC[C@@]34C[C@H]5O[C@H]6[C@@H](O3)[C@H]3O[C@H](CC[C@@H]3O[C@H]6[C@H]5O4)CC(=O)C[C@@H]3[C@@H](C)[C@@H](C[C@H](O)CN)O[C@H]3C[C@H]3O[C@@H](CC[C@@H]1O2)C[C@@H](C)C3=C.C=C1C[C@@H]2CC[C@@]34C[C@H]5O[C@H]6[C@@H](O3)[C@H]3O[C@H](CC[C@@H]3O[C@H]6[C@H]5O4)CC(=O)C[C@@H]3[C@@H](C)[C@@H](C[C@H](O)CN)O[C@H]3C[C@H]3O[C@@H](CC[C@@H]1O2)C[C@@H](C)C3=C.Cc1ccc(S(=O)(=O)N[C@@H](Cc2ccc(O)cc2)C(=O)[O-])cc1. The molecule has 2 aromatic carbocycles. The van der Waals surface area contributed by atoms with Crippen LogP contribution in [0.3, 0.4) is 0 Å². The molecule has 20 aliphatic rings. The summed E-state index contributed by atoms with van der Waals surface area (Å²) in [5, 5.41) is 41.5. The molecule has 2 aromatic rings. The van der Waals surface area contributed by atoms with Crippen LogP contribution < -0.4 is 21.3 Å². The van der Waals surface area contributed by atoms with Crippen molar-refractivity contribution in [2.45, 2.75) is 414 Å². The topological polar surface area (TPSA) is 381 Å². The summed E-state index contributed by atoms with van der Waals surface area (Å²) in [6, 6.07) is 10.5. The van der Waals surface area contributed by atoms with Gasteiger partial charge in [0.1, 0.15) is 78.4 Å². The van der Waals surface area contributed by atoms with Crippen molar-refractivity contribution in [2.75, 3.05) is 13.1 Å². The normalized spacial score (nSPS) is 45.7. The van der Waals surface area contributed by atoms with Gasteiger partial charge < -0.3 is 112 Å². The van der Waals surface area contributed by atoms with E-state index in [1.165, 1.54) is 36.4 Å². The predicted molar refractivity (Wildman–Crippen MR) is 451 cm³/mol. The summed E-state index contributed by atoms with van der Waals surface area (Å²) in [6.45, 7) is 28.8. The standard InChI is InChI=1S/2C40H59NO10.C16H17NO5S/c2*1-19-11-25-5-7-29-20(2)12-27(44-29)9-10-40-17-34-36(50-40)37-38(49-34)39(51-40)35-30(48-37)8-6-26(46-35)13-23(42)14-28-22(4)31(15-24(43)18-41)47-33(28)16-32(45-25)21(19)3;1-11-2-8-14(9-3-11)23(21,22)17-15(16(19)20)10-12-4-6-13(18)7-5-12/h2*19,22,24-39,43H,2-3,5-18,41H2,1,4H3;2-9,15,17-18H,10H2,1H3,(H,19,20)/p-1/t2*19-,22-,24+,25+,26-,27+,28-,29+,30+,31-,32-,33+,34-,35+,36+,37+,38-,39+,40+;15-/m110/s1. The van der Waals surface area contributed by atoms with E-state index in [1.807, 2.05) is 6.92 Å². The number of carbonyl (C=O) groups is 3. The molecule has 29 heteroatoms. The predicted octanol–water partition coefficient (Wildman–Crippen LogP) is 8.46. The van der Waals surface area contributed by atoms with E-state index in [2.05, 4.69) is 58.7 Å². The van der Waals surface area contributed by atoms with Crippen LogP contribution in [-0.4, -0.2) is 255 Å². The maximum atomic E-state index is 14.0. The van der Waals surface area contributed by atoms with Crippen molar-refractivity contribution in [1.29, 1.82) is 0 Å². The first-order valence-electron chi connectivity index (χ1n) is 47.1. The smallest absolute Gasteiger partial charge is 0.241 e. The number of aromatic hydroxyl groups is 1. The Labute approximate surface area is 735 Å². The summed E-state index contributed by atoms with van der Waals surface area (Å²) >= 11 is 0. The zero-order chi connectivity index (χ0) is 87.4. The van der Waals surface area contributed by atoms with Crippen molar-refractivity contribution in [3.63, 3.8) is 0 Å². The number of rotatable bonds is 12. The number of aliphatic hydroxyl groups excluding tert-OH is 2. The fourth-order valence-electron chi connectivity index (χ4n) is 24.6. The molecule has 0 unspecified atom stereocenters. The van der Waals surface area contributed by atoms with Gasteiger partial charge in [-0.3, -0.25) is 9.59 Å². The molecule has 0 aliphatic carbocycles. The van der Waals surface area contributed by atoms with Crippen LogP contribution >= 0.6 is 0 Å². The first kappa shape index (κ1) is 90.7. The number of carboxylic acid groups (broad SMARTS) is 1. The van der Waals surface area contributed by atoms with E-state index in [0.29, 0.717) is 94.4 Å². The number of phenols is 1. The highest BCUT2D eigenvalue weighted by Crippen LogP contribution is 2.58. The Balaban J connectivity index is 0.000000137. The second-order valence-electron chi connectivity index (χ2n) is 40.3. The van der Waals surface area contributed by atoms with Gasteiger partial charge in [-0.15, -0.1) is 0 Å². The molecule has 20 fully saturated rings. The minimum absolute atomic E-state index is 0.00127. The van der Waals surface area contributed by atoms with E-state index in [0.717, 1.165) is 118 Å². The third-order valence-electron chi connectivity index (χ3n) is 31.6. The molecule has 0 aromatic heterocycles. The van der Waals surface area contributed by atoms with E-state index >= 15 is 0 Å². The lowest BCUT2D eigenvalue weighted by Crippen LogP contribution is -2.61. The van der Waals surface area contributed by atoms with Gasteiger partial charge in [-0.2, -0.15) is 0 Å². The third kappa shape index (κ3) is 19.1. The minimum atomic E-state index is -3.97. The molecule has 20 heterocycles. The van der Waals surface area contributed by atoms with Crippen LogP contribution in [0.15, 0.2) is 102 Å². The van der Waals surface area contributed by atoms with Crippen LogP contribution in [0.25, 0.3) is 0 Å². The molecule has 125 heavy (non-hydrogen) atoms. The van der Waals surface area contributed by atoms with Crippen molar-refractivity contribution in [3.05, 3.63) is 108 Å². The summed E-state index contributed by atoms with van der Waals surface area (Å²) in [7, 11) is -3.97. The number of aliphatic hydroxyl groups is 2. The second-order valence-corrected chi connectivity index (χ2v) is 42.1. The average molecular weight is 1760 g/mol. The number of Topliss-reactive ketones (excluding diaryl/α,β-unsaturated/α-hetero) is 2. The molecular formula is C96H134N3O25S-. The Morgan fingerprint density at radius 3 is 1.32 bits per heavy atom. The number of aliphatic carboxylic acids is 1. The molecule has 0 radical (unpaired) electrons. The summed E-state index contributed by atoms with van der Waals surface area (Å²) in [5.74, 6) is -1.92. The molecule has 8 N–H and O–H groups in total. The number of nitrogens with two attached hydrogens (primary N) is 2. The van der Waals surface area contributed by atoms with E-state index in [9.17, 15) is 43.2 Å². The number of benzene rings is 2.